The van der Waals surface area contributed by atoms with Crippen molar-refractivity contribution in [1.29, 1.82) is 0 Å². The molecule has 0 aliphatic carbocycles. The van der Waals surface area contributed by atoms with Crippen molar-refractivity contribution < 1.29 is 27.5 Å². The summed E-state index contributed by atoms with van der Waals surface area (Å²) in [5, 5.41) is 6.35. The highest BCUT2D eigenvalue weighted by atomic mass is 19.4. The van der Waals surface area contributed by atoms with Crippen molar-refractivity contribution in [2.45, 2.75) is 12.7 Å². The van der Waals surface area contributed by atoms with E-state index in [1.165, 1.54) is 25.4 Å². The number of pyridine rings is 1. The van der Waals surface area contributed by atoms with Crippen molar-refractivity contribution in [2.75, 3.05) is 12.4 Å². The SMILES string of the molecule is COC(=O)c1nccc2c(NC(=O)NCc3ccc(C(F)(F)F)cc3)cccc12. The van der Waals surface area contributed by atoms with Gasteiger partial charge in [0.05, 0.1) is 18.4 Å². The molecule has 3 rings (SSSR count). The van der Waals surface area contributed by atoms with Crippen molar-refractivity contribution in [3.63, 3.8) is 0 Å². The van der Waals surface area contributed by atoms with Gasteiger partial charge in [-0.25, -0.2) is 14.6 Å². The second kappa shape index (κ2) is 8.17. The molecule has 0 spiro atoms. The van der Waals surface area contributed by atoms with Crippen LogP contribution in [0.25, 0.3) is 10.8 Å². The number of hydrogen-bond donors (Lipinski definition) is 2. The maximum atomic E-state index is 12.6. The zero-order valence-electron chi connectivity index (χ0n) is 15.2. The summed E-state index contributed by atoms with van der Waals surface area (Å²) in [5.41, 5.74) is 0.332. The van der Waals surface area contributed by atoms with E-state index in [0.717, 1.165) is 12.1 Å². The molecule has 150 valence electrons. The number of carbonyl (C=O) groups excluding carboxylic acids is 2. The Kier molecular flexibility index (Phi) is 5.67. The molecule has 1 aromatic heterocycles. The normalized spacial score (nSPS) is 11.2. The number of carbonyl (C=O) groups is 2. The standard InChI is InChI=1S/C20H16F3N3O3/c1-29-18(27)17-15-3-2-4-16(14(15)9-10-24-17)26-19(28)25-11-12-5-7-13(8-6-12)20(21,22)23/h2-10H,11H2,1H3,(H2,25,26,28). The van der Waals surface area contributed by atoms with E-state index in [2.05, 4.69) is 15.6 Å². The summed E-state index contributed by atoms with van der Waals surface area (Å²) in [6.07, 6.45) is -2.98. The second-order valence-electron chi connectivity index (χ2n) is 6.05. The molecule has 0 saturated heterocycles. The highest BCUT2D eigenvalue weighted by molar-refractivity contribution is 6.08. The number of urea groups is 1. The van der Waals surface area contributed by atoms with Crippen LogP contribution in [-0.4, -0.2) is 24.1 Å². The summed E-state index contributed by atoms with van der Waals surface area (Å²) >= 11 is 0. The van der Waals surface area contributed by atoms with E-state index in [1.807, 2.05) is 0 Å². The van der Waals surface area contributed by atoms with Crippen molar-refractivity contribution in [3.05, 3.63) is 71.5 Å². The first-order chi connectivity index (χ1) is 13.8. The maximum absolute atomic E-state index is 12.6. The number of anilines is 1. The molecule has 3 aromatic rings. The molecule has 0 aliphatic rings. The van der Waals surface area contributed by atoms with Gasteiger partial charge >= 0.3 is 18.2 Å². The number of ether oxygens (including phenoxy) is 1. The van der Waals surface area contributed by atoms with E-state index < -0.39 is 23.7 Å². The van der Waals surface area contributed by atoms with E-state index >= 15 is 0 Å². The van der Waals surface area contributed by atoms with Crippen LogP contribution in [-0.2, 0) is 17.5 Å². The lowest BCUT2D eigenvalue weighted by Gasteiger charge is -2.12. The molecule has 0 unspecified atom stereocenters. The Morgan fingerprint density at radius 2 is 1.76 bits per heavy atom. The minimum Gasteiger partial charge on any atom is -0.464 e. The summed E-state index contributed by atoms with van der Waals surface area (Å²) < 4.78 is 42.5. The molecule has 0 saturated carbocycles. The zero-order valence-corrected chi connectivity index (χ0v) is 15.2. The summed E-state index contributed by atoms with van der Waals surface area (Å²) in [5.74, 6) is -0.598. The molecule has 0 radical (unpaired) electrons. The lowest BCUT2D eigenvalue weighted by Crippen LogP contribution is -2.28. The van der Waals surface area contributed by atoms with Gasteiger partial charge in [0, 0.05) is 23.5 Å². The Morgan fingerprint density at radius 3 is 2.41 bits per heavy atom. The van der Waals surface area contributed by atoms with Crippen LogP contribution in [0.1, 0.15) is 21.6 Å². The maximum Gasteiger partial charge on any atom is 0.416 e. The van der Waals surface area contributed by atoms with Crippen LogP contribution in [0.2, 0.25) is 0 Å². The Morgan fingerprint density at radius 1 is 1.03 bits per heavy atom. The van der Waals surface area contributed by atoms with Crippen LogP contribution in [0.4, 0.5) is 23.7 Å². The van der Waals surface area contributed by atoms with Gasteiger partial charge in [-0.15, -0.1) is 0 Å². The van der Waals surface area contributed by atoms with Crippen molar-refractivity contribution in [1.82, 2.24) is 10.3 Å². The second-order valence-corrected chi connectivity index (χ2v) is 6.05. The molecule has 6 nitrogen and oxygen atoms in total. The van der Waals surface area contributed by atoms with Crippen molar-refractivity contribution >= 4 is 28.5 Å². The van der Waals surface area contributed by atoms with Crippen molar-refractivity contribution in [2.24, 2.45) is 0 Å². The number of methoxy groups -OCH3 is 1. The summed E-state index contributed by atoms with van der Waals surface area (Å²) in [4.78, 5) is 28.1. The topological polar surface area (TPSA) is 80.3 Å². The highest BCUT2D eigenvalue weighted by Gasteiger charge is 2.29. The molecule has 2 N–H and O–H groups in total. The number of rotatable bonds is 4. The van der Waals surface area contributed by atoms with Gasteiger partial charge in [-0.05, 0) is 29.8 Å². The van der Waals surface area contributed by atoms with Crippen LogP contribution >= 0.6 is 0 Å². The Balaban J connectivity index is 1.71. The summed E-state index contributed by atoms with van der Waals surface area (Å²) in [6.45, 7) is 0.0453. The molecule has 2 amide bonds. The number of nitrogens with one attached hydrogen (secondary N) is 2. The molecule has 29 heavy (non-hydrogen) atoms. The number of nitrogens with zero attached hydrogens (tertiary/aromatic N) is 1. The summed E-state index contributed by atoms with van der Waals surface area (Å²) in [6, 6.07) is 10.6. The summed E-state index contributed by atoms with van der Waals surface area (Å²) in [7, 11) is 1.25. The lowest BCUT2D eigenvalue weighted by molar-refractivity contribution is -0.137. The molecule has 2 aromatic carbocycles. The number of halogens is 3. The average molecular weight is 403 g/mol. The van der Waals surface area contributed by atoms with Gasteiger partial charge in [0.2, 0.25) is 0 Å². The molecule has 9 heteroatoms. The van der Waals surface area contributed by atoms with Gasteiger partial charge in [-0.1, -0.05) is 24.3 Å². The van der Waals surface area contributed by atoms with E-state index in [1.54, 1.807) is 24.3 Å². The zero-order chi connectivity index (χ0) is 21.0. The molecular weight excluding hydrogens is 387 g/mol. The van der Waals surface area contributed by atoms with E-state index in [-0.39, 0.29) is 12.2 Å². The fraction of sp³-hybridized carbons (Fsp3) is 0.150. The number of aromatic nitrogens is 1. The van der Waals surface area contributed by atoms with Gasteiger partial charge in [0.1, 0.15) is 0 Å². The number of hydrogen-bond acceptors (Lipinski definition) is 4. The fourth-order valence-electron chi connectivity index (χ4n) is 2.74. The third-order valence-electron chi connectivity index (χ3n) is 4.17. The van der Waals surface area contributed by atoms with Gasteiger partial charge in [0.15, 0.2) is 5.69 Å². The number of fused-ring (bicyclic) bond motifs is 1. The van der Waals surface area contributed by atoms with Gasteiger partial charge < -0.3 is 15.4 Å². The first kappa shape index (κ1) is 20.1. The van der Waals surface area contributed by atoms with Crippen LogP contribution in [0.15, 0.2) is 54.7 Å². The third-order valence-corrected chi connectivity index (χ3v) is 4.17. The third kappa shape index (κ3) is 4.63. The van der Waals surface area contributed by atoms with Gasteiger partial charge in [-0.2, -0.15) is 13.2 Å². The molecule has 0 fully saturated rings. The van der Waals surface area contributed by atoms with E-state index in [9.17, 15) is 22.8 Å². The van der Waals surface area contributed by atoms with E-state index in [0.29, 0.717) is 22.0 Å². The Hall–Kier alpha value is -3.62. The number of benzene rings is 2. The Bertz CT molecular complexity index is 1050. The smallest absolute Gasteiger partial charge is 0.416 e. The first-order valence-electron chi connectivity index (χ1n) is 8.46. The minimum atomic E-state index is -4.41. The monoisotopic (exact) mass is 403 g/mol. The quantitative estimate of drug-likeness (QED) is 0.635. The number of esters is 1. The molecule has 1 heterocycles. The molecule has 0 atom stereocenters. The minimum absolute atomic E-state index is 0.0453. The predicted octanol–water partition coefficient (Wildman–Crippen LogP) is 4.36. The first-order valence-corrected chi connectivity index (χ1v) is 8.46. The van der Waals surface area contributed by atoms with Crippen molar-refractivity contribution in [3.8, 4) is 0 Å². The molecular formula is C20H16F3N3O3. The number of alkyl halides is 3. The fourth-order valence-corrected chi connectivity index (χ4v) is 2.74. The number of amides is 2. The van der Waals surface area contributed by atoms with Gasteiger partial charge in [-0.3, -0.25) is 0 Å². The van der Waals surface area contributed by atoms with Crippen LogP contribution in [0.3, 0.4) is 0 Å². The van der Waals surface area contributed by atoms with Crippen LogP contribution in [0.5, 0.6) is 0 Å². The van der Waals surface area contributed by atoms with Crippen LogP contribution < -0.4 is 10.6 Å². The molecule has 0 bridgehead atoms. The van der Waals surface area contributed by atoms with E-state index in [4.69, 9.17) is 4.74 Å². The van der Waals surface area contributed by atoms with Gasteiger partial charge in [0.25, 0.3) is 0 Å². The molecule has 0 aliphatic heterocycles. The lowest BCUT2D eigenvalue weighted by atomic mass is 10.1. The average Bonchev–Trinajstić information content (AvgIpc) is 2.71. The predicted molar refractivity (Wildman–Crippen MR) is 100 cm³/mol. The Labute approximate surface area is 163 Å². The largest absolute Gasteiger partial charge is 0.464 e. The van der Waals surface area contributed by atoms with Crippen LogP contribution in [0, 0.1) is 0 Å². The highest BCUT2D eigenvalue weighted by Crippen LogP contribution is 2.29.